The molecule has 21 heavy (non-hydrogen) atoms. The Hall–Kier alpha value is -1.36. The van der Waals surface area contributed by atoms with E-state index in [-0.39, 0.29) is 0 Å². The summed E-state index contributed by atoms with van der Waals surface area (Å²) in [5.41, 5.74) is 0.878. The average Bonchev–Trinajstić information content (AvgIpc) is 3.07. The number of aliphatic hydroxyl groups is 1. The van der Waals surface area contributed by atoms with Gasteiger partial charge in [-0.1, -0.05) is 23.7 Å². The summed E-state index contributed by atoms with van der Waals surface area (Å²) in [6.45, 7) is 2.58. The SMILES string of the molecule is Cn1ccnc1C1CCN(CC(O)c2cccc(Cl)c2)C1. The second-order valence-corrected chi connectivity index (χ2v) is 6.15. The quantitative estimate of drug-likeness (QED) is 0.944. The summed E-state index contributed by atoms with van der Waals surface area (Å²) in [6, 6.07) is 7.45. The maximum absolute atomic E-state index is 10.4. The predicted molar refractivity (Wildman–Crippen MR) is 83.4 cm³/mol. The van der Waals surface area contributed by atoms with Gasteiger partial charge in [-0.05, 0) is 30.7 Å². The first-order valence-corrected chi connectivity index (χ1v) is 7.64. The van der Waals surface area contributed by atoms with E-state index in [1.165, 1.54) is 0 Å². The van der Waals surface area contributed by atoms with Crippen molar-refractivity contribution in [1.82, 2.24) is 14.5 Å². The molecule has 0 amide bonds. The van der Waals surface area contributed by atoms with Crippen LogP contribution in [-0.4, -0.2) is 39.2 Å². The molecule has 0 saturated carbocycles. The number of hydrogen-bond donors (Lipinski definition) is 1. The first-order chi connectivity index (χ1) is 10.1. The molecule has 2 unspecified atom stereocenters. The fourth-order valence-corrected chi connectivity index (χ4v) is 3.24. The van der Waals surface area contributed by atoms with Crippen LogP contribution < -0.4 is 0 Å². The Balaban J connectivity index is 1.61. The highest BCUT2D eigenvalue weighted by Gasteiger charge is 2.27. The van der Waals surface area contributed by atoms with Crippen molar-refractivity contribution in [3.63, 3.8) is 0 Å². The third-order valence-electron chi connectivity index (χ3n) is 4.16. The van der Waals surface area contributed by atoms with Gasteiger partial charge in [0.25, 0.3) is 0 Å². The molecule has 1 aliphatic rings. The number of β-amino-alcohol motifs (C(OH)–C–C–N with tert-alkyl or cyclic N) is 1. The number of aromatic nitrogens is 2. The maximum Gasteiger partial charge on any atom is 0.112 e. The molecule has 0 aliphatic carbocycles. The fourth-order valence-electron chi connectivity index (χ4n) is 3.04. The van der Waals surface area contributed by atoms with E-state index in [1.54, 1.807) is 0 Å². The summed E-state index contributed by atoms with van der Waals surface area (Å²) >= 11 is 5.98. The van der Waals surface area contributed by atoms with Gasteiger partial charge in [0.05, 0.1) is 6.10 Å². The molecule has 1 N–H and O–H groups in total. The van der Waals surface area contributed by atoms with Crippen molar-refractivity contribution in [2.75, 3.05) is 19.6 Å². The van der Waals surface area contributed by atoms with Gasteiger partial charge in [0.15, 0.2) is 0 Å². The van der Waals surface area contributed by atoms with Gasteiger partial charge in [0.1, 0.15) is 5.82 Å². The molecular weight excluding hydrogens is 286 g/mol. The topological polar surface area (TPSA) is 41.3 Å². The zero-order valence-corrected chi connectivity index (χ0v) is 12.9. The number of hydrogen-bond acceptors (Lipinski definition) is 3. The molecule has 2 aromatic rings. The lowest BCUT2D eigenvalue weighted by Gasteiger charge is -2.20. The minimum absolute atomic E-state index is 0.455. The number of benzene rings is 1. The van der Waals surface area contributed by atoms with Crippen molar-refractivity contribution in [2.24, 2.45) is 7.05 Å². The van der Waals surface area contributed by atoms with Crippen LogP contribution in [-0.2, 0) is 7.05 Å². The molecule has 5 heteroatoms. The van der Waals surface area contributed by atoms with Gasteiger partial charge in [-0.2, -0.15) is 0 Å². The van der Waals surface area contributed by atoms with Gasteiger partial charge in [-0.15, -0.1) is 0 Å². The van der Waals surface area contributed by atoms with E-state index in [4.69, 9.17) is 11.6 Å². The minimum Gasteiger partial charge on any atom is -0.387 e. The summed E-state index contributed by atoms with van der Waals surface area (Å²) < 4.78 is 2.08. The van der Waals surface area contributed by atoms with Crippen molar-refractivity contribution < 1.29 is 5.11 Å². The van der Waals surface area contributed by atoms with Gasteiger partial charge >= 0.3 is 0 Å². The number of imidazole rings is 1. The number of rotatable bonds is 4. The highest BCUT2D eigenvalue weighted by atomic mass is 35.5. The van der Waals surface area contributed by atoms with E-state index in [1.807, 2.05) is 43.7 Å². The number of aryl methyl sites for hydroxylation is 1. The lowest BCUT2D eigenvalue weighted by atomic mass is 10.1. The van der Waals surface area contributed by atoms with E-state index in [0.717, 1.165) is 30.9 Å². The summed E-state index contributed by atoms with van der Waals surface area (Å²) in [7, 11) is 2.03. The Labute approximate surface area is 130 Å². The smallest absolute Gasteiger partial charge is 0.112 e. The van der Waals surface area contributed by atoms with Crippen LogP contribution in [0.5, 0.6) is 0 Å². The van der Waals surface area contributed by atoms with Gasteiger partial charge in [0, 0.05) is 43.5 Å². The summed E-state index contributed by atoms with van der Waals surface area (Å²) in [5, 5.41) is 11.0. The molecular formula is C16H20ClN3O. The molecule has 1 fully saturated rings. The molecule has 1 saturated heterocycles. The van der Waals surface area contributed by atoms with Gasteiger partial charge in [-0.25, -0.2) is 4.98 Å². The maximum atomic E-state index is 10.4. The largest absolute Gasteiger partial charge is 0.387 e. The summed E-state index contributed by atoms with van der Waals surface area (Å²) in [6.07, 6.45) is 4.42. The second-order valence-electron chi connectivity index (χ2n) is 5.71. The number of aliphatic hydroxyl groups excluding tert-OH is 1. The summed E-state index contributed by atoms with van der Waals surface area (Å²) in [4.78, 5) is 6.73. The van der Waals surface area contributed by atoms with E-state index in [9.17, 15) is 5.11 Å². The molecule has 1 aromatic heterocycles. The molecule has 112 valence electrons. The van der Waals surface area contributed by atoms with Crippen molar-refractivity contribution in [3.8, 4) is 0 Å². The van der Waals surface area contributed by atoms with Crippen LogP contribution in [0.4, 0.5) is 0 Å². The Kier molecular flexibility index (Phi) is 4.29. The van der Waals surface area contributed by atoms with Crippen LogP contribution in [0.1, 0.15) is 29.8 Å². The first-order valence-electron chi connectivity index (χ1n) is 7.26. The third kappa shape index (κ3) is 3.28. The normalized spacial score (nSPS) is 20.8. The Morgan fingerprint density at radius 3 is 3.05 bits per heavy atom. The van der Waals surface area contributed by atoms with Crippen molar-refractivity contribution in [2.45, 2.75) is 18.4 Å². The lowest BCUT2D eigenvalue weighted by Crippen LogP contribution is -2.26. The zero-order chi connectivity index (χ0) is 14.8. The van der Waals surface area contributed by atoms with Gasteiger partial charge < -0.3 is 9.67 Å². The third-order valence-corrected chi connectivity index (χ3v) is 4.40. The minimum atomic E-state index is -0.496. The second kappa shape index (κ2) is 6.18. The predicted octanol–water partition coefficient (Wildman–Crippen LogP) is 2.60. The Morgan fingerprint density at radius 1 is 1.48 bits per heavy atom. The molecule has 1 aliphatic heterocycles. The lowest BCUT2D eigenvalue weighted by molar-refractivity contribution is 0.125. The summed E-state index contributed by atoms with van der Waals surface area (Å²) in [5.74, 6) is 1.59. The van der Waals surface area contributed by atoms with Crippen LogP contribution in [0, 0.1) is 0 Å². The van der Waals surface area contributed by atoms with E-state index in [2.05, 4.69) is 14.5 Å². The average molecular weight is 306 g/mol. The monoisotopic (exact) mass is 305 g/mol. The van der Waals surface area contributed by atoms with Gasteiger partial charge in [0.2, 0.25) is 0 Å². The molecule has 2 atom stereocenters. The van der Waals surface area contributed by atoms with Crippen LogP contribution in [0.2, 0.25) is 5.02 Å². The van der Waals surface area contributed by atoms with Crippen LogP contribution in [0.15, 0.2) is 36.7 Å². The molecule has 0 spiro atoms. The number of likely N-dealkylation sites (tertiary alicyclic amines) is 1. The standard InChI is InChI=1S/C16H20ClN3O/c1-19-8-6-18-16(19)13-5-7-20(10-13)11-15(21)12-3-2-4-14(17)9-12/h2-4,6,8-9,13,15,21H,5,7,10-11H2,1H3. The van der Waals surface area contributed by atoms with E-state index in [0.29, 0.717) is 17.5 Å². The first kappa shape index (κ1) is 14.6. The zero-order valence-electron chi connectivity index (χ0n) is 12.1. The van der Waals surface area contributed by atoms with Crippen LogP contribution in [0.25, 0.3) is 0 Å². The molecule has 0 bridgehead atoms. The van der Waals surface area contributed by atoms with Crippen molar-refractivity contribution >= 4 is 11.6 Å². The van der Waals surface area contributed by atoms with E-state index < -0.39 is 6.10 Å². The van der Waals surface area contributed by atoms with Crippen molar-refractivity contribution in [1.29, 1.82) is 0 Å². The van der Waals surface area contributed by atoms with Crippen LogP contribution in [0.3, 0.4) is 0 Å². The van der Waals surface area contributed by atoms with E-state index >= 15 is 0 Å². The van der Waals surface area contributed by atoms with Crippen LogP contribution >= 0.6 is 11.6 Å². The Bertz CT molecular complexity index is 613. The number of halogens is 1. The van der Waals surface area contributed by atoms with Crippen molar-refractivity contribution in [3.05, 3.63) is 53.1 Å². The molecule has 2 heterocycles. The molecule has 1 aromatic carbocycles. The highest BCUT2D eigenvalue weighted by molar-refractivity contribution is 6.30. The fraction of sp³-hybridized carbons (Fsp3) is 0.438. The highest BCUT2D eigenvalue weighted by Crippen LogP contribution is 2.27. The molecule has 4 nitrogen and oxygen atoms in total. The number of nitrogens with zero attached hydrogens (tertiary/aromatic N) is 3. The molecule has 0 radical (unpaired) electrons. The Morgan fingerprint density at radius 2 is 2.33 bits per heavy atom. The molecule has 3 rings (SSSR count). The van der Waals surface area contributed by atoms with Gasteiger partial charge in [-0.3, -0.25) is 4.90 Å².